The van der Waals surface area contributed by atoms with Crippen LogP contribution in [0.2, 0.25) is 0 Å². The molecule has 0 aliphatic carbocycles. The molecule has 3 aromatic carbocycles. The van der Waals surface area contributed by atoms with Gasteiger partial charge in [-0.15, -0.1) is 0 Å². The summed E-state index contributed by atoms with van der Waals surface area (Å²) in [5.74, 6) is -0.391. The SMILES string of the molecule is COC(=O)c1ccc(N=Nc2ccc(N=Nc3ccc(NCCO)cc3)cc2)cc1. The van der Waals surface area contributed by atoms with Gasteiger partial charge in [0.05, 0.1) is 42.0 Å². The number of ether oxygens (including phenoxy) is 1. The zero-order valence-electron chi connectivity index (χ0n) is 16.4. The molecule has 0 fully saturated rings. The maximum atomic E-state index is 11.4. The number of nitrogens with one attached hydrogen (secondary N) is 1. The van der Waals surface area contributed by atoms with Gasteiger partial charge in [-0.05, 0) is 72.8 Å². The number of aliphatic hydroxyl groups excluding tert-OH is 1. The molecule has 0 aliphatic heterocycles. The molecule has 0 bridgehead atoms. The molecule has 0 aromatic heterocycles. The summed E-state index contributed by atoms with van der Waals surface area (Å²) in [5, 5.41) is 28.6. The normalized spacial score (nSPS) is 11.1. The lowest BCUT2D eigenvalue weighted by atomic mass is 10.2. The van der Waals surface area contributed by atoms with Crippen molar-refractivity contribution in [1.82, 2.24) is 0 Å². The summed E-state index contributed by atoms with van der Waals surface area (Å²) in [6.45, 7) is 0.585. The Morgan fingerprint density at radius 2 is 1.17 bits per heavy atom. The number of aliphatic hydroxyl groups is 1. The molecule has 30 heavy (non-hydrogen) atoms. The van der Waals surface area contributed by atoms with Crippen LogP contribution in [0.15, 0.2) is 93.3 Å². The molecular formula is C22H21N5O3. The van der Waals surface area contributed by atoms with Gasteiger partial charge in [0.2, 0.25) is 0 Å². The van der Waals surface area contributed by atoms with Crippen molar-refractivity contribution in [2.24, 2.45) is 20.5 Å². The van der Waals surface area contributed by atoms with Gasteiger partial charge >= 0.3 is 5.97 Å². The number of azo groups is 2. The lowest BCUT2D eigenvalue weighted by Gasteiger charge is -2.03. The molecule has 0 saturated heterocycles. The second-order valence-electron chi connectivity index (χ2n) is 6.15. The van der Waals surface area contributed by atoms with Crippen molar-refractivity contribution in [3.63, 3.8) is 0 Å². The number of hydrogen-bond donors (Lipinski definition) is 2. The Hall–Kier alpha value is -3.91. The molecule has 152 valence electrons. The summed E-state index contributed by atoms with van der Waals surface area (Å²) in [4.78, 5) is 11.4. The van der Waals surface area contributed by atoms with Crippen LogP contribution in [0.25, 0.3) is 0 Å². The first kappa shape index (κ1) is 20.8. The fraction of sp³-hybridized carbons (Fsp3) is 0.136. The predicted molar refractivity (Wildman–Crippen MR) is 115 cm³/mol. The molecule has 0 aliphatic rings. The number of hydrogen-bond acceptors (Lipinski definition) is 8. The van der Waals surface area contributed by atoms with Crippen molar-refractivity contribution in [3.8, 4) is 0 Å². The Bertz CT molecular complexity index is 1010. The molecule has 0 spiro atoms. The Morgan fingerprint density at radius 3 is 1.57 bits per heavy atom. The number of nitrogens with zero attached hydrogens (tertiary/aromatic N) is 4. The Labute approximate surface area is 174 Å². The van der Waals surface area contributed by atoms with Gasteiger partial charge in [-0.2, -0.15) is 20.5 Å². The molecule has 8 nitrogen and oxygen atoms in total. The quantitative estimate of drug-likeness (QED) is 0.371. The second-order valence-corrected chi connectivity index (χ2v) is 6.15. The van der Waals surface area contributed by atoms with Crippen LogP contribution in [-0.4, -0.2) is 31.3 Å². The Morgan fingerprint density at radius 1 is 0.767 bits per heavy atom. The number of methoxy groups -OCH3 is 1. The minimum atomic E-state index is -0.391. The topological polar surface area (TPSA) is 108 Å². The van der Waals surface area contributed by atoms with E-state index in [0.717, 1.165) is 11.4 Å². The third-order valence-electron chi connectivity index (χ3n) is 4.01. The van der Waals surface area contributed by atoms with Crippen LogP contribution in [-0.2, 0) is 4.74 Å². The van der Waals surface area contributed by atoms with E-state index in [0.29, 0.717) is 29.2 Å². The maximum Gasteiger partial charge on any atom is 0.337 e. The van der Waals surface area contributed by atoms with Crippen LogP contribution >= 0.6 is 0 Å². The first-order valence-corrected chi connectivity index (χ1v) is 9.24. The molecule has 0 atom stereocenters. The first-order chi connectivity index (χ1) is 14.7. The number of esters is 1. The number of anilines is 1. The molecule has 3 aromatic rings. The van der Waals surface area contributed by atoms with Crippen LogP contribution in [0.4, 0.5) is 28.4 Å². The van der Waals surface area contributed by atoms with E-state index in [4.69, 9.17) is 5.11 Å². The fourth-order valence-corrected chi connectivity index (χ4v) is 2.45. The number of benzene rings is 3. The van der Waals surface area contributed by atoms with E-state index in [9.17, 15) is 4.79 Å². The summed E-state index contributed by atoms with van der Waals surface area (Å²) in [6.07, 6.45) is 0. The molecular weight excluding hydrogens is 382 g/mol. The summed E-state index contributed by atoms with van der Waals surface area (Å²) in [5.41, 5.74) is 4.09. The summed E-state index contributed by atoms with van der Waals surface area (Å²) < 4.78 is 4.66. The lowest BCUT2D eigenvalue weighted by molar-refractivity contribution is 0.0601. The van der Waals surface area contributed by atoms with Crippen LogP contribution in [0, 0.1) is 0 Å². The van der Waals surface area contributed by atoms with Gasteiger partial charge in [0.15, 0.2) is 0 Å². The largest absolute Gasteiger partial charge is 0.465 e. The highest BCUT2D eigenvalue weighted by molar-refractivity contribution is 5.89. The average molecular weight is 403 g/mol. The molecule has 2 N–H and O–H groups in total. The second kappa shape index (κ2) is 10.6. The molecule has 3 rings (SSSR count). The van der Waals surface area contributed by atoms with E-state index in [2.05, 4.69) is 30.5 Å². The third-order valence-corrected chi connectivity index (χ3v) is 4.01. The Kier molecular flexibility index (Phi) is 7.34. The van der Waals surface area contributed by atoms with E-state index in [1.54, 1.807) is 48.5 Å². The summed E-state index contributed by atoms with van der Waals surface area (Å²) >= 11 is 0. The van der Waals surface area contributed by atoms with Crippen molar-refractivity contribution in [2.75, 3.05) is 25.6 Å². The van der Waals surface area contributed by atoms with Crippen LogP contribution in [0.1, 0.15) is 10.4 Å². The lowest BCUT2D eigenvalue weighted by Crippen LogP contribution is -2.04. The zero-order chi connectivity index (χ0) is 21.2. The van der Waals surface area contributed by atoms with Crippen molar-refractivity contribution >= 4 is 34.4 Å². The number of rotatable bonds is 8. The average Bonchev–Trinajstić information content (AvgIpc) is 2.81. The smallest absolute Gasteiger partial charge is 0.337 e. The van der Waals surface area contributed by atoms with Gasteiger partial charge in [0.25, 0.3) is 0 Å². The van der Waals surface area contributed by atoms with E-state index < -0.39 is 5.97 Å². The molecule has 0 radical (unpaired) electrons. The van der Waals surface area contributed by atoms with E-state index in [1.165, 1.54) is 7.11 Å². The van der Waals surface area contributed by atoms with Gasteiger partial charge in [-0.25, -0.2) is 4.79 Å². The fourth-order valence-electron chi connectivity index (χ4n) is 2.45. The molecule has 0 amide bonds. The van der Waals surface area contributed by atoms with Gasteiger partial charge in [0, 0.05) is 12.2 Å². The van der Waals surface area contributed by atoms with Crippen molar-refractivity contribution in [1.29, 1.82) is 0 Å². The summed E-state index contributed by atoms with van der Waals surface area (Å²) in [7, 11) is 1.34. The van der Waals surface area contributed by atoms with Gasteiger partial charge in [-0.1, -0.05) is 0 Å². The predicted octanol–water partition coefficient (Wildman–Crippen LogP) is 5.71. The Balaban J connectivity index is 1.58. The highest BCUT2D eigenvalue weighted by atomic mass is 16.5. The van der Waals surface area contributed by atoms with E-state index in [1.807, 2.05) is 24.3 Å². The van der Waals surface area contributed by atoms with Gasteiger partial charge in [0.1, 0.15) is 0 Å². The minimum Gasteiger partial charge on any atom is -0.465 e. The number of carbonyl (C=O) groups is 1. The standard InChI is InChI=1S/C22H21N5O3/c1-30-22(29)16-2-4-18(5-3-16)24-26-20-10-12-21(13-11-20)27-25-19-8-6-17(7-9-19)23-14-15-28/h2-13,23,28H,14-15H2,1H3. The maximum absolute atomic E-state index is 11.4. The molecule has 8 heteroatoms. The van der Waals surface area contributed by atoms with Crippen molar-refractivity contribution in [3.05, 3.63) is 78.4 Å². The third kappa shape index (κ3) is 6.05. The van der Waals surface area contributed by atoms with Crippen molar-refractivity contribution in [2.45, 2.75) is 0 Å². The molecule has 0 saturated carbocycles. The number of carbonyl (C=O) groups excluding carboxylic acids is 1. The van der Waals surface area contributed by atoms with Crippen LogP contribution in [0.3, 0.4) is 0 Å². The monoisotopic (exact) mass is 403 g/mol. The van der Waals surface area contributed by atoms with Gasteiger partial charge in [-0.3, -0.25) is 0 Å². The summed E-state index contributed by atoms with van der Waals surface area (Å²) in [6, 6.07) is 21.3. The zero-order valence-corrected chi connectivity index (χ0v) is 16.4. The highest BCUT2D eigenvalue weighted by Crippen LogP contribution is 2.24. The highest BCUT2D eigenvalue weighted by Gasteiger charge is 2.03. The minimum absolute atomic E-state index is 0.0820. The van der Waals surface area contributed by atoms with E-state index >= 15 is 0 Å². The van der Waals surface area contributed by atoms with Crippen LogP contribution < -0.4 is 5.32 Å². The van der Waals surface area contributed by atoms with Crippen LogP contribution in [0.5, 0.6) is 0 Å². The van der Waals surface area contributed by atoms with Crippen molar-refractivity contribution < 1.29 is 14.6 Å². The molecule has 0 heterocycles. The van der Waals surface area contributed by atoms with E-state index in [-0.39, 0.29) is 6.61 Å². The molecule has 0 unspecified atom stereocenters. The first-order valence-electron chi connectivity index (χ1n) is 9.24. The van der Waals surface area contributed by atoms with Gasteiger partial charge < -0.3 is 15.2 Å².